The van der Waals surface area contributed by atoms with Gasteiger partial charge in [0, 0.05) is 34.5 Å². The van der Waals surface area contributed by atoms with Gasteiger partial charge >= 0.3 is 0 Å². The zero-order valence-corrected chi connectivity index (χ0v) is 20.7. The lowest BCUT2D eigenvalue weighted by molar-refractivity contribution is 0.122. The van der Waals surface area contributed by atoms with Crippen molar-refractivity contribution in [2.45, 2.75) is 13.8 Å². The largest absolute Gasteiger partial charge is 0.378 e. The molecule has 0 amide bonds. The fourth-order valence-electron chi connectivity index (χ4n) is 2.98. The van der Waals surface area contributed by atoms with Crippen molar-refractivity contribution < 1.29 is 4.74 Å². The molecule has 0 bridgehead atoms. The van der Waals surface area contributed by atoms with Crippen molar-refractivity contribution >= 4 is 77.2 Å². The zero-order chi connectivity index (χ0) is 21.1. The minimum Gasteiger partial charge on any atom is -0.378 e. The van der Waals surface area contributed by atoms with Crippen LogP contribution < -0.4 is 15.5 Å². The van der Waals surface area contributed by atoms with Gasteiger partial charge in [-0.15, -0.1) is 24.8 Å². The topological polar surface area (TPSA) is 75.2 Å². The van der Waals surface area contributed by atoms with Crippen LogP contribution in [-0.4, -0.2) is 41.3 Å². The lowest BCUT2D eigenvalue weighted by Gasteiger charge is -2.27. The average Bonchev–Trinajstić information content (AvgIpc) is 2.74. The van der Waals surface area contributed by atoms with Crippen LogP contribution in [0.1, 0.15) is 11.1 Å². The van der Waals surface area contributed by atoms with E-state index in [-0.39, 0.29) is 24.8 Å². The highest BCUT2D eigenvalue weighted by Gasteiger charge is 2.17. The Hall–Kier alpha value is -2.03. The summed E-state index contributed by atoms with van der Waals surface area (Å²) in [6.45, 7) is 6.63. The molecule has 4 rings (SSSR count). The summed E-state index contributed by atoms with van der Waals surface area (Å²) in [6, 6.07) is 11.5. The maximum absolute atomic E-state index is 6.26. The number of hydrogen-bond acceptors (Lipinski definition) is 7. The van der Waals surface area contributed by atoms with E-state index in [2.05, 4.69) is 30.5 Å². The van der Waals surface area contributed by atoms with E-state index < -0.39 is 0 Å². The van der Waals surface area contributed by atoms with Crippen molar-refractivity contribution in [3.63, 3.8) is 0 Å². The summed E-state index contributed by atoms with van der Waals surface area (Å²) in [6.07, 6.45) is 0. The van der Waals surface area contributed by atoms with Crippen LogP contribution in [0.3, 0.4) is 0 Å². The van der Waals surface area contributed by atoms with Crippen LogP contribution in [0.5, 0.6) is 0 Å². The normalized spacial score (nSPS) is 13.1. The lowest BCUT2D eigenvalue weighted by Crippen LogP contribution is -2.37. The van der Waals surface area contributed by atoms with Gasteiger partial charge in [-0.05, 0) is 49.2 Å². The second-order valence-corrected chi connectivity index (χ2v) is 7.87. The molecule has 11 heteroatoms. The Morgan fingerprint density at radius 1 is 0.781 bits per heavy atom. The summed E-state index contributed by atoms with van der Waals surface area (Å²) < 4.78 is 5.45. The fraction of sp³-hybridized carbons (Fsp3) is 0.286. The van der Waals surface area contributed by atoms with Gasteiger partial charge in [0.15, 0.2) is 0 Å². The Labute approximate surface area is 209 Å². The van der Waals surface area contributed by atoms with Gasteiger partial charge in [-0.2, -0.15) is 15.0 Å². The number of aromatic nitrogens is 3. The first kappa shape index (κ1) is 26.2. The number of anilines is 5. The van der Waals surface area contributed by atoms with Gasteiger partial charge in [-0.25, -0.2) is 0 Å². The van der Waals surface area contributed by atoms with Crippen LogP contribution >= 0.6 is 48.0 Å². The van der Waals surface area contributed by atoms with Gasteiger partial charge in [0.05, 0.1) is 13.2 Å². The number of nitrogens with one attached hydrogen (secondary N) is 2. The van der Waals surface area contributed by atoms with Crippen molar-refractivity contribution in [3.8, 4) is 0 Å². The molecule has 0 atom stereocenters. The number of halogens is 4. The molecule has 32 heavy (non-hydrogen) atoms. The molecule has 2 heterocycles. The lowest BCUT2D eigenvalue weighted by atomic mass is 10.2. The highest BCUT2D eigenvalue weighted by Crippen LogP contribution is 2.26. The molecule has 0 unspecified atom stereocenters. The summed E-state index contributed by atoms with van der Waals surface area (Å²) in [4.78, 5) is 15.8. The molecule has 7 nitrogen and oxygen atoms in total. The number of benzene rings is 2. The Morgan fingerprint density at radius 2 is 1.25 bits per heavy atom. The first-order valence-electron chi connectivity index (χ1n) is 9.63. The number of rotatable bonds is 5. The summed E-state index contributed by atoms with van der Waals surface area (Å²) in [5.41, 5.74) is 3.61. The van der Waals surface area contributed by atoms with Crippen LogP contribution in [0.25, 0.3) is 0 Å². The Balaban J connectivity index is 0.00000181. The van der Waals surface area contributed by atoms with E-state index in [1.165, 1.54) is 0 Å². The number of hydrogen-bond donors (Lipinski definition) is 2. The second-order valence-electron chi connectivity index (χ2n) is 7.06. The third kappa shape index (κ3) is 6.49. The van der Waals surface area contributed by atoms with Gasteiger partial charge in [0.2, 0.25) is 17.8 Å². The molecule has 1 aliphatic heterocycles. The van der Waals surface area contributed by atoms with E-state index >= 15 is 0 Å². The van der Waals surface area contributed by atoms with Crippen molar-refractivity contribution in [2.75, 3.05) is 41.8 Å². The molecule has 1 fully saturated rings. The van der Waals surface area contributed by atoms with Gasteiger partial charge in [0.1, 0.15) is 0 Å². The molecule has 2 aromatic carbocycles. The number of morpholine rings is 1. The van der Waals surface area contributed by atoms with Crippen molar-refractivity contribution in [3.05, 3.63) is 57.6 Å². The van der Waals surface area contributed by atoms with Crippen LogP contribution in [-0.2, 0) is 4.74 Å². The summed E-state index contributed by atoms with van der Waals surface area (Å²) in [5.74, 6) is 1.42. The van der Waals surface area contributed by atoms with Gasteiger partial charge in [-0.1, -0.05) is 35.3 Å². The molecule has 0 radical (unpaired) electrons. The predicted octanol–water partition coefficient (Wildman–Crippen LogP) is 5.96. The van der Waals surface area contributed by atoms with E-state index in [9.17, 15) is 0 Å². The van der Waals surface area contributed by atoms with Crippen molar-refractivity contribution in [1.82, 2.24) is 15.0 Å². The van der Waals surface area contributed by atoms with Gasteiger partial charge in [0.25, 0.3) is 0 Å². The van der Waals surface area contributed by atoms with Crippen LogP contribution in [0.15, 0.2) is 36.4 Å². The first-order chi connectivity index (χ1) is 14.5. The smallest absolute Gasteiger partial charge is 0.233 e. The zero-order valence-electron chi connectivity index (χ0n) is 17.6. The molecule has 3 aromatic rings. The number of ether oxygens (including phenoxy) is 1. The van der Waals surface area contributed by atoms with Gasteiger partial charge in [-0.3, -0.25) is 0 Å². The third-order valence-corrected chi connectivity index (χ3v) is 5.59. The minimum absolute atomic E-state index is 0. The van der Waals surface area contributed by atoms with E-state index in [0.29, 0.717) is 41.1 Å². The minimum atomic E-state index is 0. The number of aryl methyl sites for hydroxylation is 2. The molecule has 0 aliphatic carbocycles. The summed E-state index contributed by atoms with van der Waals surface area (Å²) >= 11 is 12.5. The monoisotopic (exact) mass is 516 g/mol. The first-order valence-corrected chi connectivity index (χ1v) is 10.4. The fourth-order valence-corrected chi connectivity index (χ4v) is 3.34. The highest BCUT2D eigenvalue weighted by atomic mass is 35.5. The number of nitrogens with zero attached hydrogens (tertiary/aromatic N) is 4. The van der Waals surface area contributed by atoms with Gasteiger partial charge < -0.3 is 20.3 Å². The molecule has 1 saturated heterocycles. The van der Waals surface area contributed by atoms with Crippen molar-refractivity contribution in [2.24, 2.45) is 0 Å². The van der Waals surface area contributed by atoms with Crippen LogP contribution in [0.2, 0.25) is 10.0 Å². The Morgan fingerprint density at radius 3 is 1.69 bits per heavy atom. The van der Waals surface area contributed by atoms with Crippen LogP contribution in [0.4, 0.5) is 29.2 Å². The SMILES string of the molecule is Cc1ccc(Nc2nc(Nc3ccc(C)c(Cl)c3)nc(N3CCOCC3)n2)cc1Cl.Cl.Cl. The van der Waals surface area contributed by atoms with E-state index in [1.807, 2.05) is 50.2 Å². The third-order valence-electron chi connectivity index (χ3n) is 4.77. The van der Waals surface area contributed by atoms with E-state index in [4.69, 9.17) is 27.9 Å². The summed E-state index contributed by atoms with van der Waals surface area (Å²) in [5, 5.41) is 7.81. The quantitative estimate of drug-likeness (QED) is 0.432. The molecule has 0 saturated carbocycles. The predicted molar refractivity (Wildman–Crippen MR) is 136 cm³/mol. The molecule has 1 aromatic heterocycles. The maximum atomic E-state index is 6.26. The molecule has 2 N–H and O–H groups in total. The molecule has 0 spiro atoms. The summed E-state index contributed by atoms with van der Waals surface area (Å²) in [7, 11) is 0. The molecule has 1 aliphatic rings. The van der Waals surface area contributed by atoms with Crippen LogP contribution in [0, 0.1) is 13.8 Å². The van der Waals surface area contributed by atoms with E-state index in [0.717, 1.165) is 35.6 Å². The Kier molecular flexibility index (Phi) is 9.61. The molecular formula is C21H24Cl4N6O. The standard InChI is InChI=1S/C21H22Cl2N6O.2ClH/c1-13-3-5-15(11-17(13)22)24-19-26-20(25-16-6-4-14(2)18(23)12-16)28-21(27-19)29-7-9-30-10-8-29;;/h3-6,11-12H,7-10H2,1-2H3,(H2,24,25,26,27,28);2*1H. The molecular weight excluding hydrogens is 494 g/mol. The van der Waals surface area contributed by atoms with Crippen molar-refractivity contribution in [1.29, 1.82) is 0 Å². The maximum Gasteiger partial charge on any atom is 0.233 e. The average molecular weight is 518 g/mol. The molecule has 172 valence electrons. The Bertz CT molecular complexity index is 991. The highest BCUT2D eigenvalue weighted by molar-refractivity contribution is 6.32. The second kappa shape index (κ2) is 11.7. The van der Waals surface area contributed by atoms with E-state index in [1.54, 1.807) is 0 Å².